The fourth-order valence-electron chi connectivity index (χ4n) is 4.28. The van der Waals surface area contributed by atoms with Crippen LogP contribution in [0, 0.1) is 0 Å². The van der Waals surface area contributed by atoms with Gasteiger partial charge in [0.15, 0.2) is 0 Å². The first-order valence-electron chi connectivity index (χ1n) is 11.7. The first kappa shape index (κ1) is 21.9. The Bertz CT molecular complexity index is 1220. The summed E-state index contributed by atoms with van der Waals surface area (Å²) in [5.74, 6) is 2.33. The van der Waals surface area contributed by atoms with E-state index in [0.29, 0.717) is 24.4 Å². The molecule has 6 nitrogen and oxygen atoms in total. The lowest BCUT2D eigenvalue weighted by molar-refractivity contribution is 0.0631. The van der Waals surface area contributed by atoms with Gasteiger partial charge in [-0.05, 0) is 24.3 Å². The first-order chi connectivity index (χ1) is 16.8. The second kappa shape index (κ2) is 10.4. The van der Waals surface area contributed by atoms with Gasteiger partial charge < -0.3 is 14.2 Å². The predicted octanol–water partition coefficient (Wildman–Crippen LogP) is 4.80. The summed E-state index contributed by atoms with van der Waals surface area (Å²) in [4.78, 5) is 22.2. The summed E-state index contributed by atoms with van der Waals surface area (Å²) in [5, 5.41) is 0. The third-order valence-electron chi connectivity index (χ3n) is 6.15. The van der Waals surface area contributed by atoms with Crippen molar-refractivity contribution in [3.63, 3.8) is 0 Å². The molecular weight excluding hydrogens is 424 g/mol. The summed E-state index contributed by atoms with van der Waals surface area (Å²) >= 11 is 0. The Morgan fingerprint density at radius 1 is 0.794 bits per heavy atom. The Labute approximate surface area is 200 Å². The quantitative estimate of drug-likeness (QED) is 0.404. The van der Waals surface area contributed by atoms with Crippen molar-refractivity contribution in [1.82, 2.24) is 19.4 Å². The van der Waals surface area contributed by atoms with Crippen LogP contribution in [-0.4, -0.2) is 58.0 Å². The third kappa shape index (κ3) is 5.02. The molecule has 4 aromatic rings. The molecule has 34 heavy (non-hydrogen) atoms. The van der Waals surface area contributed by atoms with Crippen molar-refractivity contribution in [3.8, 4) is 22.9 Å². The molecule has 1 saturated heterocycles. The van der Waals surface area contributed by atoms with Crippen LogP contribution in [0.15, 0.2) is 97.3 Å². The van der Waals surface area contributed by atoms with Crippen LogP contribution >= 0.6 is 0 Å². The molecule has 1 aliphatic heterocycles. The van der Waals surface area contributed by atoms with Gasteiger partial charge in [0.05, 0.1) is 5.56 Å². The molecular formula is C28H28N4O2. The van der Waals surface area contributed by atoms with Crippen molar-refractivity contribution in [2.75, 3.05) is 32.7 Å². The van der Waals surface area contributed by atoms with E-state index in [4.69, 9.17) is 4.74 Å². The Balaban J connectivity index is 1.18. The fraction of sp³-hybridized carbons (Fsp3) is 0.214. The van der Waals surface area contributed by atoms with Crippen LogP contribution in [0.3, 0.4) is 0 Å². The molecule has 0 atom stereocenters. The molecule has 2 heterocycles. The zero-order chi connectivity index (χ0) is 23.2. The topological polar surface area (TPSA) is 50.6 Å². The molecule has 172 valence electrons. The number of hydrogen-bond donors (Lipinski definition) is 0. The minimum absolute atomic E-state index is 0.0205. The van der Waals surface area contributed by atoms with E-state index in [2.05, 4.69) is 26.6 Å². The third-order valence-corrected chi connectivity index (χ3v) is 6.15. The van der Waals surface area contributed by atoms with E-state index in [1.54, 1.807) is 0 Å². The molecule has 1 amide bonds. The minimum atomic E-state index is 0.0205. The van der Waals surface area contributed by atoms with Crippen LogP contribution in [0.4, 0.5) is 0 Å². The van der Waals surface area contributed by atoms with Gasteiger partial charge in [-0.1, -0.05) is 60.7 Å². The van der Waals surface area contributed by atoms with Gasteiger partial charge in [-0.3, -0.25) is 9.69 Å². The van der Waals surface area contributed by atoms with E-state index in [1.807, 2.05) is 90.1 Å². The molecule has 0 aliphatic carbocycles. The van der Waals surface area contributed by atoms with Crippen LogP contribution in [0.5, 0.6) is 11.5 Å². The van der Waals surface area contributed by atoms with Crippen LogP contribution in [0.1, 0.15) is 10.4 Å². The maximum Gasteiger partial charge on any atom is 0.257 e. The molecule has 0 bridgehead atoms. The number of ether oxygens (including phenoxy) is 1. The van der Waals surface area contributed by atoms with Crippen molar-refractivity contribution in [2.45, 2.75) is 6.54 Å². The molecule has 0 radical (unpaired) electrons. The number of aromatic nitrogens is 2. The average molecular weight is 453 g/mol. The van der Waals surface area contributed by atoms with E-state index in [1.165, 1.54) is 0 Å². The van der Waals surface area contributed by atoms with Gasteiger partial charge in [0.2, 0.25) is 0 Å². The number of hydrogen-bond acceptors (Lipinski definition) is 4. The number of carbonyl (C=O) groups excluding carboxylic acids is 1. The van der Waals surface area contributed by atoms with Crippen LogP contribution in [-0.2, 0) is 6.54 Å². The lowest BCUT2D eigenvalue weighted by Gasteiger charge is -2.35. The van der Waals surface area contributed by atoms with Gasteiger partial charge >= 0.3 is 0 Å². The van der Waals surface area contributed by atoms with E-state index >= 15 is 0 Å². The highest BCUT2D eigenvalue weighted by atomic mass is 16.5. The highest BCUT2D eigenvalue weighted by molar-refractivity contribution is 5.97. The average Bonchev–Trinajstić information content (AvgIpc) is 3.38. The fourth-order valence-corrected chi connectivity index (χ4v) is 4.28. The van der Waals surface area contributed by atoms with Gasteiger partial charge in [0.1, 0.15) is 17.3 Å². The van der Waals surface area contributed by atoms with Gasteiger partial charge in [-0.2, -0.15) is 0 Å². The van der Waals surface area contributed by atoms with Crippen LogP contribution in [0.2, 0.25) is 0 Å². The number of para-hydroxylation sites is 2. The molecule has 0 N–H and O–H groups in total. The number of rotatable bonds is 7. The summed E-state index contributed by atoms with van der Waals surface area (Å²) < 4.78 is 8.20. The number of carbonyl (C=O) groups is 1. The summed E-state index contributed by atoms with van der Waals surface area (Å²) in [7, 11) is 0. The van der Waals surface area contributed by atoms with Gasteiger partial charge in [-0.25, -0.2) is 4.98 Å². The van der Waals surface area contributed by atoms with Crippen molar-refractivity contribution in [2.24, 2.45) is 0 Å². The Kier molecular flexibility index (Phi) is 6.68. The number of nitrogens with zero attached hydrogens (tertiary/aromatic N) is 4. The number of imidazole rings is 1. The first-order valence-corrected chi connectivity index (χ1v) is 11.7. The lowest BCUT2D eigenvalue weighted by Crippen LogP contribution is -2.49. The maximum absolute atomic E-state index is 13.3. The second-order valence-corrected chi connectivity index (χ2v) is 8.36. The van der Waals surface area contributed by atoms with E-state index in [0.717, 1.165) is 43.3 Å². The summed E-state index contributed by atoms with van der Waals surface area (Å²) in [6, 6.07) is 27.3. The Morgan fingerprint density at radius 2 is 1.47 bits per heavy atom. The van der Waals surface area contributed by atoms with Crippen molar-refractivity contribution in [1.29, 1.82) is 0 Å². The van der Waals surface area contributed by atoms with E-state index in [-0.39, 0.29) is 5.91 Å². The number of piperazine rings is 1. The molecule has 6 heteroatoms. The maximum atomic E-state index is 13.3. The number of amides is 1. The molecule has 0 saturated carbocycles. The highest BCUT2D eigenvalue weighted by Gasteiger charge is 2.24. The monoisotopic (exact) mass is 452 g/mol. The van der Waals surface area contributed by atoms with E-state index in [9.17, 15) is 4.79 Å². The Morgan fingerprint density at radius 3 is 2.24 bits per heavy atom. The zero-order valence-electron chi connectivity index (χ0n) is 19.1. The summed E-state index contributed by atoms with van der Waals surface area (Å²) in [6.07, 6.45) is 3.89. The number of benzene rings is 3. The summed E-state index contributed by atoms with van der Waals surface area (Å²) in [6.45, 7) is 4.89. The standard InChI is InChI=1S/C28H28N4O2/c33-28(25-13-7-8-14-26(25)34-24-11-5-2-6-12-24)32-21-18-30(19-22-32)17-20-31-16-15-29-27(31)23-9-3-1-4-10-23/h1-16H,17-22H2. The molecule has 0 unspecified atom stereocenters. The molecule has 5 rings (SSSR count). The van der Waals surface area contributed by atoms with Gasteiger partial charge in [0, 0.05) is 57.2 Å². The van der Waals surface area contributed by atoms with Gasteiger partial charge in [0.25, 0.3) is 5.91 Å². The smallest absolute Gasteiger partial charge is 0.257 e. The van der Waals surface area contributed by atoms with Crippen molar-refractivity contribution in [3.05, 3.63) is 103 Å². The van der Waals surface area contributed by atoms with Crippen LogP contribution < -0.4 is 4.74 Å². The minimum Gasteiger partial charge on any atom is -0.457 e. The molecule has 1 aliphatic rings. The lowest BCUT2D eigenvalue weighted by atomic mass is 10.1. The normalized spacial score (nSPS) is 14.2. The molecule has 3 aromatic carbocycles. The highest BCUT2D eigenvalue weighted by Crippen LogP contribution is 2.26. The molecule has 0 spiro atoms. The van der Waals surface area contributed by atoms with Crippen LogP contribution in [0.25, 0.3) is 11.4 Å². The SMILES string of the molecule is O=C(c1ccccc1Oc1ccccc1)N1CCN(CCn2ccnc2-c2ccccc2)CC1. The van der Waals surface area contributed by atoms with Crippen molar-refractivity contribution >= 4 is 5.91 Å². The molecule has 1 fully saturated rings. The Hall–Kier alpha value is -3.90. The molecule has 1 aromatic heterocycles. The second-order valence-electron chi connectivity index (χ2n) is 8.36. The van der Waals surface area contributed by atoms with E-state index < -0.39 is 0 Å². The largest absolute Gasteiger partial charge is 0.457 e. The van der Waals surface area contributed by atoms with Gasteiger partial charge in [-0.15, -0.1) is 0 Å². The van der Waals surface area contributed by atoms with Crippen molar-refractivity contribution < 1.29 is 9.53 Å². The predicted molar refractivity (Wildman–Crippen MR) is 133 cm³/mol. The summed E-state index contributed by atoms with van der Waals surface area (Å²) in [5.41, 5.74) is 1.73. The zero-order valence-corrected chi connectivity index (χ0v) is 19.1.